The molecule has 1 aromatic carbocycles. The van der Waals surface area contributed by atoms with Crippen molar-refractivity contribution >= 4 is 17.2 Å². The number of nitrogens with one attached hydrogen (secondary N) is 1. The van der Waals surface area contributed by atoms with Crippen LogP contribution in [0.4, 0.5) is 0 Å². The Hall–Kier alpha value is -1.69. The van der Waals surface area contributed by atoms with Crippen molar-refractivity contribution in [3.05, 3.63) is 57.8 Å². The summed E-state index contributed by atoms with van der Waals surface area (Å²) in [5.41, 5.74) is 2.03. The van der Waals surface area contributed by atoms with Crippen LogP contribution < -0.4 is 5.32 Å². The minimum atomic E-state index is -0.0159. The van der Waals surface area contributed by atoms with Crippen LogP contribution in [0.5, 0.6) is 0 Å². The summed E-state index contributed by atoms with van der Waals surface area (Å²) < 4.78 is 5.51. The maximum absolute atomic E-state index is 12.8. The molecule has 4 nitrogen and oxygen atoms in total. The third-order valence-electron chi connectivity index (χ3n) is 5.12. The number of hydrogen-bond donors (Lipinski definition) is 1. The van der Waals surface area contributed by atoms with Gasteiger partial charge in [0.25, 0.3) is 5.91 Å². The van der Waals surface area contributed by atoms with Crippen molar-refractivity contribution in [1.82, 2.24) is 10.2 Å². The van der Waals surface area contributed by atoms with Crippen LogP contribution in [0.1, 0.15) is 54.5 Å². The Morgan fingerprint density at radius 3 is 2.37 bits per heavy atom. The SMILES string of the molecule is C[C@@H](NC(=O)c1ccc(C(C)(C)C)cc1)[C@H](c1cccs1)N1CCOCC1. The highest BCUT2D eigenvalue weighted by Crippen LogP contribution is 2.29. The van der Waals surface area contributed by atoms with Gasteiger partial charge in [-0.05, 0) is 41.5 Å². The maximum Gasteiger partial charge on any atom is 0.251 e. The van der Waals surface area contributed by atoms with E-state index in [-0.39, 0.29) is 23.4 Å². The lowest BCUT2D eigenvalue weighted by Gasteiger charge is -2.37. The molecule has 1 aliphatic heterocycles. The lowest BCUT2D eigenvalue weighted by molar-refractivity contribution is 0.00969. The monoisotopic (exact) mass is 386 g/mol. The van der Waals surface area contributed by atoms with Gasteiger partial charge in [0.2, 0.25) is 0 Å². The molecule has 1 saturated heterocycles. The molecular formula is C22H30N2O2S. The first kappa shape index (κ1) is 20.1. The maximum atomic E-state index is 12.8. The number of morpholine rings is 1. The number of amides is 1. The number of nitrogens with zero attached hydrogens (tertiary/aromatic N) is 1. The highest BCUT2D eigenvalue weighted by atomic mass is 32.1. The number of carbonyl (C=O) groups excluding carboxylic acids is 1. The Morgan fingerprint density at radius 2 is 1.81 bits per heavy atom. The van der Waals surface area contributed by atoms with Gasteiger partial charge in [-0.3, -0.25) is 9.69 Å². The van der Waals surface area contributed by atoms with Crippen molar-refractivity contribution in [2.24, 2.45) is 0 Å². The normalized spacial score (nSPS) is 18.1. The Kier molecular flexibility index (Phi) is 6.35. The minimum Gasteiger partial charge on any atom is -0.379 e. The second-order valence-electron chi connectivity index (χ2n) is 8.20. The largest absolute Gasteiger partial charge is 0.379 e. The molecule has 27 heavy (non-hydrogen) atoms. The van der Waals surface area contributed by atoms with Crippen molar-refractivity contribution in [3.63, 3.8) is 0 Å². The van der Waals surface area contributed by atoms with Crippen LogP contribution in [0.15, 0.2) is 41.8 Å². The fraction of sp³-hybridized carbons (Fsp3) is 0.500. The Labute approximate surface area is 166 Å². The highest BCUT2D eigenvalue weighted by Gasteiger charge is 2.29. The molecule has 1 aromatic heterocycles. The molecule has 1 fully saturated rings. The van der Waals surface area contributed by atoms with E-state index < -0.39 is 0 Å². The van der Waals surface area contributed by atoms with Crippen LogP contribution in [-0.4, -0.2) is 43.2 Å². The van der Waals surface area contributed by atoms with Crippen LogP contribution >= 0.6 is 11.3 Å². The molecule has 1 amide bonds. The van der Waals surface area contributed by atoms with Crippen LogP contribution in [0.3, 0.4) is 0 Å². The van der Waals surface area contributed by atoms with Gasteiger partial charge >= 0.3 is 0 Å². The van der Waals surface area contributed by atoms with E-state index in [4.69, 9.17) is 4.74 Å². The number of rotatable bonds is 5. The smallest absolute Gasteiger partial charge is 0.251 e. The Balaban J connectivity index is 1.72. The summed E-state index contributed by atoms with van der Waals surface area (Å²) in [4.78, 5) is 16.5. The van der Waals surface area contributed by atoms with Gasteiger partial charge in [-0.1, -0.05) is 39.0 Å². The summed E-state index contributed by atoms with van der Waals surface area (Å²) in [6.45, 7) is 11.9. The van der Waals surface area contributed by atoms with Gasteiger partial charge < -0.3 is 10.1 Å². The molecule has 0 bridgehead atoms. The summed E-state index contributed by atoms with van der Waals surface area (Å²) >= 11 is 1.75. The van der Waals surface area contributed by atoms with Gasteiger partial charge in [0.1, 0.15) is 0 Å². The predicted molar refractivity (Wildman–Crippen MR) is 112 cm³/mol. The van der Waals surface area contributed by atoms with Crippen molar-refractivity contribution in [1.29, 1.82) is 0 Å². The van der Waals surface area contributed by atoms with Gasteiger partial charge in [-0.25, -0.2) is 0 Å². The fourth-order valence-corrected chi connectivity index (χ4v) is 4.51. The van der Waals surface area contributed by atoms with Crippen LogP contribution in [0, 0.1) is 0 Å². The van der Waals surface area contributed by atoms with Gasteiger partial charge in [0, 0.05) is 29.6 Å². The predicted octanol–water partition coefficient (Wildman–Crippen LogP) is 4.24. The van der Waals surface area contributed by atoms with Gasteiger partial charge in [0.05, 0.1) is 19.3 Å². The Morgan fingerprint density at radius 1 is 1.15 bits per heavy atom. The number of hydrogen-bond acceptors (Lipinski definition) is 4. The van der Waals surface area contributed by atoms with Crippen LogP contribution in [-0.2, 0) is 10.2 Å². The van der Waals surface area contributed by atoms with E-state index in [1.807, 2.05) is 12.1 Å². The first-order chi connectivity index (χ1) is 12.9. The number of ether oxygens (including phenoxy) is 1. The minimum absolute atomic E-state index is 0.0107. The molecule has 0 radical (unpaired) electrons. The Bertz CT molecular complexity index is 729. The number of thiophene rings is 1. The average molecular weight is 387 g/mol. The summed E-state index contributed by atoms with van der Waals surface area (Å²) in [6.07, 6.45) is 0. The van der Waals surface area contributed by atoms with E-state index >= 15 is 0 Å². The van der Waals surface area contributed by atoms with E-state index in [1.54, 1.807) is 11.3 Å². The fourth-order valence-electron chi connectivity index (χ4n) is 3.55. The highest BCUT2D eigenvalue weighted by molar-refractivity contribution is 7.10. The van der Waals surface area contributed by atoms with Gasteiger partial charge in [-0.15, -0.1) is 11.3 Å². The summed E-state index contributed by atoms with van der Waals surface area (Å²) in [5.74, 6) is -0.0159. The van der Waals surface area contributed by atoms with Gasteiger partial charge in [-0.2, -0.15) is 0 Å². The molecule has 2 atom stereocenters. The molecule has 0 unspecified atom stereocenters. The molecule has 0 saturated carbocycles. The first-order valence-electron chi connectivity index (χ1n) is 9.63. The first-order valence-corrected chi connectivity index (χ1v) is 10.5. The third-order valence-corrected chi connectivity index (χ3v) is 6.06. The van der Waals surface area contributed by atoms with Crippen molar-refractivity contribution in [3.8, 4) is 0 Å². The topological polar surface area (TPSA) is 41.6 Å². The van der Waals surface area contributed by atoms with E-state index in [0.29, 0.717) is 5.56 Å². The second-order valence-corrected chi connectivity index (χ2v) is 9.18. The molecular weight excluding hydrogens is 356 g/mol. The van der Waals surface area contributed by atoms with Crippen molar-refractivity contribution < 1.29 is 9.53 Å². The standard InChI is InChI=1S/C22H30N2O2S/c1-16(20(19-6-5-15-27-19)24-11-13-26-14-12-24)23-21(25)17-7-9-18(10-8-17)22(2,3)4/h5-10,15-16,20H,11-14H2,1-4H3,(H,23,25)/t16-,20-/m1/s1. The molecule has 1 aliphatic rings. The summed E-state index contributed by atoms with van der Waals surface area (Å²) in [5, 5.41) is 5.33. The molecule has 0 spiro atoms. The number of benzene rings is 1. The second kappa shape index (κ2) is 8.55. The molecule has 146 valence electrons. The molecule has 2 aromatic rings. The summed E-state index contributed by atoms with van der Waals surface area (Å²) in [7, 11) is 0. The zero-order valence-electron chi connectivity index (χ0n) is 16.7. The van der Waals surface area contributed by atoms with Crippen LogP contribution in [0.25, 0.3) is 0 Å². The van der Waals surface area contributed by atoms with Crippen molar-refractivity contribution in [2.75, 3.05) is 26.3 Å². The zero-order valence-corrected chi connectivity index (χ0v) is 17.5. The van der Waals surface area contributed by atoms with Gasteiger partial charge in [0.15, 0.2) is 0 Å². The van der Waals surface area contributed by atoms with Crippen molar-refractivity contribution in [2.45, 2.75) is 45.2 Å². The summed E-state index contributed by atoms with van der Waals surface area (Å²) in [6, 6.07) is 12.4. The van der Waals surface area contributed by atoms with E-state index in [1.165, 1.54) is 10.4 Å². The lowest BCUT2D eigenvalue weighted by atomic mass is 9.86. The van der Waals surface area contributed by atoms with E-state index in [0.717, 1.165) is 26.3 Å². The quantitative estimate of drug-likeness (QED) is 0.836. The molecule has 5 heteroatoms. The molecule has 1 N–H and O–H groups in total. The molecule has 3 rings (SSSR count). The van der Waals surface area contributed by atoms with E-state index in [9.17, 15) is 4.79 Å². The molecule has 2 heterocycles. The number of carbonyl (C=O) groups is 1. The average Bonchev–Trinajstić information content (AvgIpc) is 3.16. The molecule has 0 aliphatic carbocycles. The van der Waals surface area contributed by atoms with Crippen LogP contribution in [0.2, 0.25) is 0 Å². The third kappa shape index (κ3) is 4.98. The lowest BCUT2D eigenvalue weighted by Crippen LogP contribution is -2.48. The van der Waals surface area contributed by atoms with E-state index in [2.05, 4.69) is 67.6 Å². The zero-order chi connectivity index (χ0) is 19.4.